The molecular formula is C97H113N21O6. The molecular weight excluding hydrogens is 1560 g/mol. The number of nitriles is 3. The number of fused-ring (bicyclic) bond motifs is 6. The third-order valence-electron chi connectivity index (χ3n) is 26.2. The lowest BCUT2D eigenvalue weighted by Crippen LogP contribution is -2.55. The Morgan fingerprint density at radius 3 is 1.16 bits per heavy atom. The highest BCUT2D eigenvalue weighted by Gasteiger charge is 2.39. The van der Waals surface area contributed by atoms with Gasteiger partial charge in [0.15, 0.2) is 0 Å². The summed E-state index contributed by atoms with van der Waals surface area (Å²) in [5.74, 6) is 2.68. The third kappa shape index (κ3) is 19.3. The van der Waals surface area contributed by atoms with Crippen molar-refractivity contribution < 1.29 is 28.6 Å². The second-order valence-corrected chi connectivity index (χ2v) is 33.9. The van der Waals surface area contributed by atoms with E-state index in [9.17, 15) is 30.2 Å². The summed E-state index contributed by atoms with van der Waals surface area (Å²) in [6, 6.07) is 52.5. The van der Waals surface area contributed by atoms with E-state index in [0.29, 0.717) is 128 Å². The number of rotatable bonds is 22. The number of ether oxygens (including phenoxy) is 3. The Balaban J connectivity index is 0.000000137. The van der Waals surface area contributed by atoms with Gasteiger partial charge in [0, 0.05) is 153 Å². The Morgan fingerprint density at radius 1 is 0.403 bits per heavy atom. The highest BCUT2D eigenvalue weighted by atomic mass is 16.5. The number of carbonyl (C=O) groups is 3. The van der Waals surface area contributed by atoms with Crippen LogP contribution in [0.5, 0.6) is 18.0 Å². The fraction of sp³-hybridized carbons (Fsp3) is 0.443. The van der Waals surface area contributed by atoms with Crippen molar-refractivity contribution in [2.45, 2.75) is 121 Å². The van der Waals surface area contributed by atoms with Gasteiger partial charge in [-0.2, -0.15) is 45.7 Å². The van der Waals surface area contributed by atoms with Crippen molar-refractivity contribution in [1.82, 2.24) is 59.3 Å². The number of piperazine rings is 3. The summed E-state index contributed by atoms with van der Waals surface area (Å²) in [5.41, 5.74) is 9.95. The fourth-order valence-electron chi connectivity index (χ4n) is 19.6. The Kier molecular flexibility index (Phi) is 27.3. The molecule has 6 aromatic carbocycles. The maximum atomic E-state index is 12.5. The van der Waals surface area contributed by atoms with Gasteiger partial charge in [0.25, 0.3) is 0 Å². The van der Waals surface area contributed by atoms with Gasteiger partial charge in [0.05, 0.1) is 98.9 Å². The zero-order chi connectivity index (χ0) is 85.6. The molecule has 0 spiro atoms. The van der Waals surface area contributed by atoms with Crippen LogP contribution in [0, 0.1) is 39.9 Å². The molecule has 642 valence electrons. The number of aromatic nitrogens is 6. The first-order chi connectivity index (χ1) is 60.7. The van der Waals surface area contributed by atoms with Crippen molar-refractivity contribution in [3.63, 3.8) is 0 Å². The van der Waals surface area contributed by atoms with Gasteiger partial charge in [-0.1, -0.05) is 135 Å². The summed E-state index contributed by atoms with van der Waals surface area (Å²) in [5, 5.41) is 35.9. The molecule has 3 aromatic heterocycles. The van der Waals surface area contributed by atoms with E-state index in [-0.39, 0.29) is 55.1 Å². The lowest BCUT2D eigenvalue weighted by atomic mass is 10.0. The van der Waals surface area contributed by atoms with Crippen LogP contribution in [-0.4, -0.2) is 253 Å². The molecule has 18 rings (SSSR count). The van der Waals surface area contributed by atoms with Gasteiger partial charge in [0.1, 0.15) is 30.7 Å². The lowest BCUT2D eigenvalue weighted by Gasteiger charge is -2.42. The summed E-state index contributed by atoms with van der Waals surface area (Å²) in [6.07, 6.45) is 14.4. The van der Waals surface area contributed by atoms with Crippen LogP contribution < -0.4 is 43.6 Å². The molecule has 27 nitrogen and oxygen atoms in total. The molecule has 9 aliphatic rings. The van der Waals surface area contributed by atoms with Crippen molar-refractivity contribution >= 4 is 84.6 Å². The van der Waals surface area contributed by atoms with Crippen LogP contribution in [0.15, 0.2) is 165 Å². The molecule has 124 heavy (non-hydrogen) atoms. The normalized spacial score (nSPS) is 20.4. The minimum atomic E-state index is -0.225. The second-order valence-electron chi connectivity index (χ2n) is 33.9. The molecule has 0 bridgehead atoms. The highest BCUT2D eigenvalue weighted by molar-refractivity contribution is 5.97. The van der Waals surface area contributed by atoms with Crippen molar-refractivity contribution in [2.75, 3.05) is 181 Å². The Bertz CT molecular complexity index is 5490. The molecule has 6 fully saturated rings. The third-order valence-corrected chi connectivity index (χ3v) is 26.2. The molecule has 9 aromatic rings. The van der Waals surface area contributed by atoms with E-state index < -0.39 is 0 Å². The van der Waals surface area contributed by atoms with Gasteiger partial charge in [-0.15, -0.1) is 0 Å². The largest absolute Gasteiger partial charge is 0.463 e. The molecule has 0 N–H and O–H groups in total. The van der Waals surface area contributed by atoms with E-state index >= 15 is 0 Å². The smallest absolute Gasteiger partial charge is 0.318 e. The number of likely N-dealkylation sites (N-methyl/N-ethyl adjacent to an activating group) is 1. The van der Waals surface area contributed by atoms with Crippen LogP contribution in [0.25, 0.3) is 32.3 Å². The van der Waals surface area contributed by atoms with Gasteiger partial charge in [0.2, 0.25) is 17.7 Å². The van der Waals surface area contributed by atoms with E-state index in [0.717, 1.165) is 142 Å². The second kappa shape index (κ2) is 39.8. The van der Waals surface area contributed by atoms with Gasteiger partial charge in [-0.05, 0) is 144 Å². The molecule has 27 heteroatoms. The highest BCUT2D eigenvalue weighted by Crippen LogP contribution is 2.40. The average Bonchev–Trinajstić information content (AvgIpc) is 0.815. The first kappa shape index (κ1) is 85.1. The number of anilines is 6. The number of benzene rings is 6. The SMILES string of the molecule is C=CC(=O)N1CCN(c2nc(OCCN3CCCCC3)nc3c2CCN(c2cccc4ccccc24)C3)C[C@@H]1CC#N.C=CC(=O)N1CCN(c2nc(OC[C@@H]3CCCN3C)nc3c2CCN(c2cccc4ccccc24)C3)C[C@@H]1CC#N.C=CC(=O)N1CCN(c2nc(OC[C@@H]3CCN(C)C3)nc3c2CCN(c2cccc4ccccc24)C3)C[C@@H]1CC#N. The van der Waals surface area contributed by atoms with E-state index in [1.165, 1.54) is 93.3 Å². The Labute approximate surface area is 727 Å². The Hall–Kier alpha value is -12.5. The predicted molar refractivity (Wildman–Crippen MR) is 485 cm³/mol. The van der Waals surface area contributed by atoms with E-state index in [4.69, 9.17) is 44.1 Å². The zero-order valence-electron chi connectivity index (χ0n) is 71.7. The van der Waals surface area contributed by atoms with Crippen LogP contribution in [0.1, 0.15) is 91.6 Å². The predicted octanol–water partition coefficient (Wildman–Crippen LogP) is 11.6. The molecule has 3 amide bonds. The van der Waals surface area contributed by atoms with Crippen LogP contribution in [0.4, 0.5) is 34.5 Å². The minimum Gasteiger partial charge on any atom is -0.463 e. The molecule has 12 heterocycles. The summed E-state index contributed by atoms with van der Waals surface area (Å²) >= 11 is 0. The summed E-state index contributed by atoms with van der Waals surface area (Å²) in [6.45, 7) is 28.5. The number of nitrogens with zero attached hydrogens (tertiary/aromatic N) is 21. The lowest BCUT2D eigenvalue weighted by molar-refractivity contribution is -0.129. The van der Waals surface area contributed by atoms with E-state index in [1.54, 1.807) is 14.7 Å². The van der Waals surface area contributed by atoms with Crippen molar-refractivity contribution in [2.24, 2.45) is 5.92 Å². The van der Waals surface area contributed by atoms with Crippen molar-refractivity contribution in [1.29, 1.82) is 15.8 Å². The molecule has 5 atom stereocenters. The molecule has 0 radical (unpaired) electrons. The van der Waals surface area contributed by atoms with Gasteiger partial charge >= 0.3 is 18.0 Å². The zero-order valence-corrected chi connectivity index (χ0v) is 71.7. The van der Waals surface area contributed by atoms with E-state index in [2.05, 4.69) is 224 Å². The summed E-state index contributed by atoms with van der Waals surface area (Å²) < 4.78 is 18.8. The number of amides is 3. The first-order valence-corrected chi connectivity index (χ1v) is 44.3. The quantitative estimate of drug-likeness (QED) is 0.0571. The number of carbonyl (C=O) groups excluding carboxylic acids is 3. The molecule has 0 saturated carbocycles. The number of piperidine rings is 1. The first-order valence-electron chi connectivity index (χ1n) is 44.3. The van der Waals surface area contributed by atoms with Crippen LogP contribution in [-0.2, 0) is 53.3 Å². The maximum absolute atomic E-state index is 12.5. The number of likely N-dealkylation sites (tertiary alicyclic amines) is 3. The Morgan fingerprint density at radius 2 is 0.790 bits per heavy atom. The fourth-order valence-corrected chi connectivity index (χ4v) is 19.6. The van der Waals surface area contributed by atoms with Crippen molar-refractivity contribution in [3.05, 3.63) is 199 Å². The van der Waals surface area contributed by atoms with E-state index in [1.807, 2.05) is 0 Å². The van der Waals surface area contributed by atoms with Gasteiger partial charge in [-0.3, -0.25) is 19.3 Å². The average molecular weight is 1670 g/mol. The van der Waals surface area contributed by atoms with Gasteiger partial charge in [-0.25, -0.2) is 0 Å². The topological polar surface area (TPSA) is 266 Å². The molecule has 0 unspecified atom stereocenters. The van der Waals surface area contributed by atoms with Gasteiger partial charge < -0.3 is 68.1 Å². The maximum Gasteiger partial charge on any atom is 0.318 e. The molecule has 0 aliphatic carbocycles. The summed E-state index contributed by atoms with van der Waals surface area (Å²) in [7, 11) is 4.28. The van der Waals surface area contributed by atoms with Crippen LogP contribution in [0.3, 0.4) is 0 Å². The monoisotopic (exact) mass is 1670 g/mol. The molecule has 6 saturated heterocycles. The van der Waals surface area contributed by atoms with Crippen LogP contribution in [0.2, 0.25) is 0 Å². The van der Waals surface area contributed by atoms with Crippen LogP contribution >= 0.6 is 0 Å². The van der Waals surface area contributed by atoms with Crippen molar-refractivity contribution in [3.8, 4) is 36.2 Å². The standard InChI is InChI=1S/C33H39N7O2.2C32H37N7O2/c1-2-31(41)40-20-19-39(23-26(40)13-15-34)32-28-14-18-38(30-12-8-10-25-9-4-5-11-27(25)30)24-29(28)35-33(36-32)42-22-21-37-16-6-3-7-17-37;1-3-30(40)39-19-18-38(20-24(39)13-15-33)31-27-14-17-37(29-12-6-9-23-8-4-5-11-26(23)29)21-28(27)34-32(35-31)41-22-25-10-7-16-36(25)2;1-3-30(40)39-18-17-38(20-25(39)11-14-33)31-27-13-16-37(29-10-6-8-24-7-4-5-9-26(24)29)21-28(27)34-32(35-31)41-22-23-12-15-36(2)19-23/h2,4-5,8-12,26H,1,3,6-7,13-14,16-24H2;3-6,8-9,11-12,24-25H,1,7,10,13-14,16-22H2,2H3;3-10,23,25H,1,11-13,15-22H2,2H3/t26-;24-,25-;23-,25+/m001/s1. The number of hydrogen-bond donors (Lipinski definition) is 0. The minimum absolute atomic E-state index is 0.132. The molecule has 9 aliphatic heterocycles. The number of hydrogen-bond acceptors (Lipinski definition) is 24. The summed E-state index contributed by atoms with van der Waals surface area (Å²) in [4.78, 5) is 93.6.